The summed E-state index contributed by atoms with van der Waals surface area (Å²) >= 11 is 0. The van der Waals surface area contributed by atoms with Gasteiger partial charge in [-0.25, -0.2) is 4.98 Å². The fourth-order valence-corrected chi connectivity index (χ4v) is 2.75. The van der Waals surface area contributed by atoms with E-state index in [2.05, 4.69) is 10.3 Å². The highest BCUT2D eigenvalue weighted by molar-refractivity contribution is 6.04. The zero-order valence-electron chi connectivity index (χ0n) is 11.9. The lowest BCUT2D eigenvalue weighted by molar-refractivity contribution is -0.150. The highest BCUT2D eigenvalue weighted by atomic mass is 16.5. The van der Waals surface area contributed by atoms with Crippen molar-refractivity contribution in [1.29, 1.82) is 0 Å². The van der Waals surface area contributed by atoms with E-state index in [1.54, 1.807) is 6.07 Å². The Morgan fingerprint density at radius 2 is 2.05 bits per heavy atom. The number of aromatic nitrogens is 1. The lowest BCUT2D eigenvalue weighted by Crippen LogP contribution is -2.35. The van der Waals surface area contributed by atoms with Gasteiger partial charge in [-0.1, -0.05) is 18.9 Å². The number of hydrogen-bond acceptors (Lipinski definition) is 4. The van der Waals surface area contributed by atoms with Crippen molar-refractivity contribution in [2.75, 3.05) is 12.4 Å². The van der Waals surface area contributed by atoms with Gasteiger partial charge in [-0.3, -0.25) is 9.59 Å². The van der Waals surface area contributed by atoms with Crippen LogP contribution in [0.3, 0.4) is 0 Å². The molecule has 5 heteroatoms. The number of anilines is 1. The second kappa shape index (κ2) is 6.50. The van der Waals surface area contributed by atoms with E-state index in [-0.39, 0.29) is 11.8 Å². The molecule has 0 bridgehead atoms. The lowest BCUT2D eigenvalue weighted by Gasteiger charge is -2.20. The van der Waals surface area contributed by atoms with Crippen molar-refractivity contribution >= 4 is 17.7 Å². The average Bonchev–Trinajstić information content (AvgIpc) is 2.92. The molecule has 0 spiro atoms. The maximum absolute atomic E-state index is 12.4. The summed E-state index contributed by atoms with van der Waals surface area (Å²) in [5, 5.41) is 2.72. The molecule has 1 N–H and O–H groups in total. The molecule has 0 unspecified atom stereocenters. The van der Waals surface area contributed by atoms with E-state index in [1.807, 2.05) is 19.1 Å². The fraction of sp³-hybridized carbons (Fsp3) is 0.533. The van der Waals surface area contributed by atoms with Crippen LogP contribution in [-0.2, 0) is 14.3 Å². The molecule has 0 aliphatic heterocycles. The van der Waals surface area contributed by atoms with Gasteiger partial charge in [0.25, 0.3) is 0 Å². The van der Waals surface area contributed by atoms with Gasteiger partial charge in [0, 0.05) is 5.69 Å². The molecule has 0 aromatic carbocycles. The molecule has 1 aromatic rings. The van der Waals surface area contributed by atoms with Gasteiger partial charge in [0.2, 0.25) is 5.91 Å². The second-order valence-corrected chi connectivity index (χ2v) is 5.20. The van der Waals surface area contributed by atoms with Crippen LogP contribution in [0.4, 0.5) is 5.82 Å². The monoisotopic (exact) mass is 276 g/mol. The average molecular weight is 276 g/mol. The zero-order valence-corrected chi connectivity index (χ0v) is 11.9. The van der Waals surface area contributed by atoms with Crippen LogP contribution in [0.5, 0.6) is 0 Å². The molecular formula is C15H20N2O3. The molecule has 5 nitrogen and oxygen atoms in total. The van der Waals surface area contributed by atoms with Crippen molar-refractivity contribution < 1.29 is 14.3 Å². The number of esters is 1. The molecule has 1 amide bonds. The van der Waals surface area contributed by atoms with Crippen molar-refractivity contribution in [1.82, 2.24) is 4.98 Å². The van der Waals surface area contributed by atoms with Crippen LogP contribution in [0.1, 0.15) is 31.4 Å². The number of methoxy groups -OCH3 is 1. The molecule has 0 radical (unpaired) electrons. The Balaban J connectivity index is 2.11. The Hall–Kier alpha value is -1.91. The summed E-state index contributed by atoms with van der Waals surface area (Å²) in [6.07, 6.45) is 3.92. The smallest absolute Gasteiger partial charge is 0.318 e. The van der Waals surface area contributed by atoms with Crippen molar-refractivity contribution in [3.63, 3.8) is 0 Å². The Morgan fingerprint density at radius 3 is 2.65 bits per heavy atom. The summed E-state index contributed by atoms with van der Waals surface area (Å²) in [6, 6.07) is 5.39. The molecule has 108 valence electrons. The van der Waals surface area contributed by atoms with Crippen molar-refractivity contribution in [2.45, 2.75) is 32.6 Å². The second-order valence-electron chi connectivity index (χ2n) is 5.20. The minimum atomic E-state index is -0.732. The Labute approximate surface area is 118 Å². The first kappa shape index (κ1) is 14.5. The van der Waals surface area contributed by atoms with E-state index in [4.69, 9.17) is 4.74 Å². The van der Waals surface area contributed by atoms with E-state index < -0.39 is 11.9 Å². The summed E-state index contributed by atoms with van der Waals surface area (Å²) in [6.45, 7) is 1.85. The molecule has 2 rings (SSSR count). The number of hydrogen-bond donors (Lipinski definition) is 1. The van der Waals surface area contributed by atoms with Crippen LogP contribution in [0.15, 0.2) is 18.2 Å². The lowest BCUT2D eigenvalue weighted by atomic mass is 9.90. The maximum atomic E-state index is 12.4. The number of carbonyl (C=O) groups excluding carboxylic acids is 2. The predicted octanol–water partition coefficient (Wildman–Crippen LogP) is 2.31. The first-order valence-corrected chi connectivity index (χ1v) is 6.94. The normalized spacial score (nSPS) is 16.7. The standard InChI is InChI=1S/C15H20N2O3/c1-10-6-5-9-12(16-10)17-14(18)13(15(19)20-2)11-7-3-4-8-11/h5-6,9,11,13H,3-4,7-8H2,1-2H3,(H,16,17,18)/t13-/m1/s1. The van der Waals surface area contributed by atoms with Crippen LogP contribution >= 0.6 is 0 Å². The van der Waals surface area contributed by atoms with E-state index in [9.17, 15) is 9.59 Å². The molecule has 1 aliphatic carbocycles. The molecule has 1 fully saturated rings. The van der Waals surface area contributed by atoms with Crippen molar-refractivity contribution in [3.05, 3.63) is 23.9 Å². The van der Waals surface area contributed by atoms with E-state index in [0.29, 0.717) is 5.82 Å². The van der Waals surface area contributed by atoms with Crippen molar-refractivity contribution in [2.24, 2.45) is 11.8 Å². The Morgan fingerprint density at radius 1 is 1.35 bits per heavy atom. The molecule has 1 heterocycles. The van der Waals surface area contributed by atoms with Gasteiger partial charge >= 0.3 is 5.97 Å². The number of pyridine rings is 1. The topological polar surface area (TPSA) is 68.3 Å². The van der Waals surface area contributed by atoms with Crippen LogP contribution in [0, 0.1) is 18.8 Å². The van der Waals surface area contributed by atoms with Crippen LogP contribution in [0.2, 0.25) is 0 Å². The van der Waals surface area contributed by atoms with Gasteiger partial charge in [0.1, 0.15) is 11.7 Å². The molecule has 20 heavy (non-hydrogen) atoms. The molecule has 1 atom stereocenters. The summed E-state index contributed by atoms with van der Waals surface area (Å²) in [7, 11) is 1.32. The maximum Gasteiger partial charge on any atom is 0.318 e. The van der Waals surface area contributed by atoms with E-state index in [0.717, 1.165) is 31.4 Å². The minimum Gasteiger partial charge on any atom is -0.468 e. The molecule has 0 saturated heterocycles. The van der Waals surface area contributed by atoms with Gasteiger partial charge < -0.3 is 10.1 Å². The SMILES string of the molecule is COC(=O)[C@@H](C(=O)Nc1cccc(C)n1)C1CCCC1. The van der Waals surface area contributed by atoms with Crippen molar-refractivity contribution in [3.8, 4) is 0 Å². The number of carbonyl (C=O) groups is 2. The summed E-state index contributed by atoms with van der Waals surface area (Å²) in [5.74, 6) is -0.956. The summed E-state index contributed by atoms with van der Waals surface area (Å²) in [5.41, 5.74) is 0.818. The summed E-state index contributed by atoms with van der Waals surface area (Å²) < 4.78 is 4.79. The van der Waals surface area contributed by atoms with Gasteiger partial charge in [0.05, 0.1) is 7.11 Å². The molecule has 1 aromatic heterocycles. The number of nitrogens with zero attached hydrogens (tertiary/aromatic N) is 1. The Kier molecular flexibility index (Phi) is 4.71. The number of ether oxygens (including phenoxy) is 1. The van der Waals surface area contributed by atoms with Crippen LogP contribution in [-0.4, -0.2) is 24.0 Å². The van der Waals surface area contributed by atoms with Gasteiger partial charge in [-0.05, 0) is 37.8 Å². The third-order valence-corrected chi connectivity index (χ3v) is 3.75. The minimum absolute atomic E-state index is 0.0762. The number of nitrogens with one attached hydrogen (secondary N) is 1. The first-order chi connectivity index (χ1) is 9.61. The third kappa shape index (κ3) is 3.35. The summed E-state index contributed by atoms with van der Waals surface area (Å²) in [4.78, 5) is 28.5. The third-order valence-electron chi connectivity index (χ3n) is 3.75. The van der Waals surface area contributed by atoms with Crippen LogP contribution < -0.4 is 5.32 Å². The first-order valence-electron chi connectivity index (χ1n) is 6.94. The molecule has 1 saturated carbocycles. The van der Waals surface area contributed by atoms with E-state index in [1.165, 1.54) is 7.11 Å². The van der Waals surface area contributed by atoms with Gasteiger partial charge in [-0.15, -0.1) is 0 Å². The van der Waals surface area contributed by atoms with Gasteiger partial charge in [0.15, 0.2) is 0 Å². The zero-order chi connectivity index (χ0) is 14.5. The number of amides is 1. The fourth-order valence-electron chi connectivity index (χ4n) is 2.75. The van der Waals surface area contributed by atoms with Gasteiger partial charge in [-0.2, -0.15) is 0 Å². The molecular weight excluding hydrogens is 256 g/mol. The predicted molar refractivity (Wildman–Crippen MR) is 75.1 cm³/mol. The quantitative estimate of drug-likeness (QED) is 0.677. The Bertz CT molecular complexity index is 496. The number of aryl methyl sites for hydroxylation is 1. The largest absolute Gasteiger partial charge is 0.468 e. The highest BCUT2D eigenvalue weighted by Gasteiger charge is 2.37. The molecule has 1 aliphatic rings. The highest BCUT2D eigenvalue weighted by Crippen LogP contribution is 2.32. The van der Waals surface area contributed by atoms with Crippen LogP contribution in [0.25, 0.3) is 0 Å². The number of rotatable bonds is 4. The van der Waals surface area contributed by atoms with E-state index >= 15 is 0 Å².